The van der Waals surface area contributed by atoms with Crippen molar-refractivity contribution in [3.8, 4) is 5.75 Å². The zero-order chi connectivity index (χ0) is 26.6. The minimum Gasteiger partial charge on any atom is -0.489 e. The van der Waals surface area contributed by atoms with E-state index in [1.807, 2.05) is 42.5 Å². The first-order valence-corrected chi connectivity index (χ1v) is 12.6. The Morgan fingerprint density at radius 1 is 0.947 bits per heavy atom. The van der Waals surface area contributed by atoms with Gasteiger partial charge in [0.25, 0.3) is 5.91 Å². The largest absolute Gasteiger partial charge is 0.489 e. The molecule has 1 amide bonds. The van der Waals surface area contributed by atoms with Crippen LogP contribution in [0.2, 0.25) is 5.02 Å². The average Bonchev–Trinajstić information content (AvgIpc) is 3.16. The molecule has 1 aliphatic heterocycles. The molecule has 1 saturated heterocycles. The van der Waals surface area contributed by atoms with E-state index in [9.17, 15) is 9.59 Å². The molecule has 0 atom stereocenters. The molecule has 38 heavy (non-hydrogen) atoms. The van der Waals surface area contributed by atoms with Gasteiger partial charge >= 0.3 is 5.97 Å². The van der Waals surface area contributed by atoms with Gasteiger partial charge in [0.1, 0.15) is 24.6 Å². The fourth-order valence-corrected chi connectivity index (χ4v) is 4.72. The van der Waals surface area contributed by atoms with Gasteiger partial charge in [0, 0.05) is 5.02 Å². The van der Waals surface area contributed by atoms with Gasteiger partial charge in [-0.15, -0.1) is 0 Å². The highest BCUT2D eigenvalue weighted by Crippen LogP contribution is 2.30. The summed E-state index contributed by atoms with van der Waals surface area (Å²) in [6, 6.07) is 28.5. The summed E-state index contributed by atoms with van der Waals surface area (Å²) in [4.78, 5) is 28.4. The lowest BCUT2D eigenvalue weighted by atomic mass is 10.1. The fraction of sp³-hybridized carbons (Fsp3) is 0.100. The summed E-state index contributed by atoms with van der Waals surface area (Å²) in [5.74, 6) is -0.166. The van der Waals surface area contributed by atoms with Crippen LogP contribution in [0.3, 0.4) is 0 Å². The number of benzene rings is 4. The van der Waals surface area contributed by atoms with Crippen molar-refractivity contribution in [3.05, 3.63) is 113 Å². The molecular weight excluding hydrogens is 520 g/mol. The number of thiocarbonyl (C=S) groups is 1. The van der Waals surface area contributed by atoms with Crippen molar-refractivity contribution in [2.75, 3.05) is 18.6 Å². The number of rotatable bonds is 7. The van der Waals surface area contributed by atoms with E-state index in [1.165, 1.54) is 22.3 Å². The molecule has 0 spiro atoms. The molecule has 0 aromatic heterocycles. The quantitative estimate of drug-likeness (QED) is 0.157. The van der Waals surface area contributed by atoms with Crippen LogP contribution in [0.5, 0.6) is 5.75 Å². The van der Waals surface area contributed by atoms with Crippen LogP contribution < -0.4 is 9.64 Å². The Labute approximate surface area is 230 Å². The van der Waals surface area contributed by atoms with Gasteiger partial charge in [-0.3, -0.25) is 14.5 Å². The number of amides is 1. The smallest absolute Gasteiger partial charge is 0.325 e. The van der Waals surface area contributed by atoms with E-state index in [0.29, 0.717) is 23.1 Å². The molecule has 0 aliphatic carbocycles. The maximum atomic E-state index is 13.4. The molecule has 0 radical (unpaired) electrons. The number of fused-ring (bicyclic) bond motifs is 1. The summed E-state index contributed by atoms with van der Waals surface area (Å²) in [7, 11) is 1.29. The Bertz CT molecular complexity index is 1550. The Balaban J connectivity index is 1.38. The summed E-state index contributed by atoms with van der Waals surface area (Å²) in [6.45, 7) is 0.237. The number of anilines is 1. The number of hydrogen-bond donors (Lipinski definition) is 0. The first-order chi connectivity index (χ1) is 18.4. The molecular formula is C30H23ClN2O4S. The lowest BCUT2D eigenvalue weighted by Gasteiger charge is -2.19. The van der Waals surface area contributed by atoms with E-state index in [4.69, 9.17) is 33.3 Å². The lowest BCUT2D eigenvalue weighted by Crippen LogP contribution is -2.35. The summed E-state index contributed by atoms with van der Waals surface area (Å²) in [5, 5.41) is 3.04. The Morgan fingerprint density at radius 2 is 1.66 bits per heavy atom. The van der Waals surface area contributed by atoms with Gasteiger partial charge in [0.05, 0.1) is 12.8 Å². The Morgan fingerprint density at radius 3 is 2.39 bits per heavy atom. The number of hydrogen-bond acceptors (Lipinski definition) is 5. The van der Waals surface area contributed by atoms with E-state index in [2.05, 4.69) is 24.3 Å². The molecule has 1 aliphatic rings. The minimum atomic E-state index is -0.513. The van der Waals surface area contributed by atoms with Crippen LogP contribution in [0, 0.1) is 0 Å². The predicted octanol–water partition coefficient (Wildman–Crippen LogP) is 6.22. The molecule has 8 heteroatoms. The van der Waals surface area contributed by atoms with E-state index in [0.717, 1.165) is 16.5 Å². The average molecular weight is 543 g/mol. The van der Waals surface area contributed by atoms with Crippen molar-refractivity contribution < 1.29 is 19.1 Å². The highest BCUT2D eigenvalue weighted by molar-refractivity contribution is 7.80. The monoisotopic (exact) mass is 542 g/mol. The highest BCUT2D eigenvalue weighted by Gasteiger charge is 2.40. The number of carbonyl (C=O) groups excluding carboxylic acids is 2. The number of esters is 1. The Kier molecular flexibility index (Phi) is 7.40. The van der Waals surface area contributed by atoms with Crippen molar-refractivity contribution >= 4 is 63.3 Å². The summed E-state index contributed by atoms with van der Waals surface area (Å²) in [5.41, 5.74) is 2.67. The molecule has 6 nitrogen and oxygen atoms in total. The van der Waals surface area contributed by atoms with Crippen molar-refractivity contribution in [3.63, 3.8) is 0 Å². The molecule has 5 rings (SSSR count). The predicted molar refractivity (Wildman–Crippen MR) is 153 cm³/mol. The third-order valence-electron chi connectivity index (χ3n) is 6.19. The van der Waals surface area contributed by atoms with Gasteiger partial charge in [-0.1, -0.05) is 66.2 Å². The normalized spacial score (nSPS) is 14.4. The molecule has 4 aromatic rings. The van der Waals surface area contributed by atoms with Crippen LogP contribution in [0.25, 0.3) is 16.8 Å². The van der Waals surface area contributed by atoms with Crippen LogP contribution in [0.15, 0.2) is 96.7 Å². The van der Waals surface area contributed by atoms with Gasteiger partial charge in [-0.25, -0.2) is 0 Å². The molecule has 0 unspecified atom stereocenters. The van der Waals surface area contributed by atoms with Crippen LogP contribution >= 0.6 is 23.8 Å². The number of ether oxygens (including phenoxy) is 2. The third kappa shape index (κ3) is 5.25. The molecule has 4 aromatic carbocycles. The van der Waals surface area contributed by atoms with Gasteiger partial charge in [-0.05, 0) is 76.6 Å². The minimum absolute atomic E-state index is 0.184. The van der Waals surface area contributed by atoms with Crippen molar-refractivity contribution in [1.29, 1.82) is 0 Å². The summed E-state index contributed by atoms with van der Waals surface area (Å²) >= 11 is 11.6. The standard InChI is InChI=1S/C30H23ClN2O4S/c1-36-28(34)18-32-27(29(35)33(30(32)38)24-13-11-23(31)12-14-24)17-20-9-15-25(16-10-20)37-19-22-7-4-6-21-5-2-3-8-26(21)22/h2-17H,18-19H2,1H3/b27-17-. The second-order valence-corrected chi connectivity index (χ2v) is 9.39. The van der Waals surface area contributed by atoms with E-state index in [1.54, 1.807) is 30.3 Å². The zero-order valence-electron chi connectivity index (χ0n) is 20.5. The molecule has 0 N–H and O–H groups in total. The second kappa shape index (κ2) is 11.0. The van der Waals surface area contributed by atoms with Gasteiger partial charge in [0.2, 0.25) is 0 Å². The van der Waals surface area contributed by atoms with Gasteiger partial charge < -0.3 is 14.4 Å². The third-order valence-corrected chi connectivity index (χ3v) is 6.85. The van der Waals surface area contributed by atoms with E-state index < -0.39 is 5.97 Å². The molecule has 1 heterocycles. The molecule has 0 bridgehead atoms. The zero-order valence-corrected chi connectivity index (χ0v) is 22.0. The number of carbonyl (C=O) groups is 2. The van der Waals surface area contributed by atoms with Crippen LogP contribution in [-0.4, -0.2) is 35.5 Å². The topological polar surface area (TPSA) is 59.1 Å². The first-order valence-electron chi connectivity index (χ1n) is 11.8. The van der Waals surface area contributed by atoms with Crippen molar-refractivity contribution in [2.45, 2.75) is 6.61 Å². The lowest BCUT2D eigenvalue weighted by molar-refractivity contribution is -0.140. The number of halogens is 1. The van der Waals surface area contributed by atoms with Crippen molar-refractivity contribution in [1.82, 2.24) is 4.90 Å². The van der Waals surface area contributed by atoms with Crippen LogP contribution in [0.4, 0.5) is 5.69 Å². The van der Waals surface area contributed by atoms with Crippen molar-refractivity contribution in [2.24, 2.45) is 0 Å². The van der Waals surface area contributed by atoms with E-state index in [-0.39, 0.29) is 23.3 Å². The number of methoxy groups -OCH3 is 1. The summed E-state index contributed by atoms with van der Waals surface area (Å²) < 4.78 is 10.9. The fourth-order valence-electron chi connectivity index (χ4n) is 4.24. The van der Waals surface area contributed by atoms with Gasteiger partial charge in [-0.2, -0.15) is 0 Å². The maximum absolute atomic E-state index is 13.4. The molecule has 1 fully saturated rings. The molecule has 0 saturated carbocycles. The Hall–Kier alpha value is -4.20. The number of nitrogens with zero attached hydrogens (tertiary/aromatic N) is 2. The first kappa shape index (κ1) is 25.4. The second-order valence-electron chi connectivity index (χ2n) is 8.59. The van der Waals surface area contributed by atoms with Crippen LogP contribution in [0.1, 0.15) is 11.1 Å². The maximum Gasteiger partial charge on any atom is 0.325 e. The van der Waals surface area contributed by atoms with Crippen LogP contribution in [-0.2, 0) is 20.9 Å². The van der Waals surface area contributed by atoms with Gasteiger partial charge in [0.15, 0.2) is 5.11 Å². The molecule has 190 valence electrons. The SMILES string of the molecule is COC(=O)CN1C(=S)N(c2ccc(Cl)cc2)C(=O)/C1=C/c1ccc(OCc2cccc3ccccc23)cc1. The highest BCUT2D eigenvalue weighted by atomic mass is 35.5. The summed E-state index contributed by atoms with van der Waals surface area (Å²) in [6.07, 6.45) is 1.70. The van der Waals surface area contributed by atoms with E-state index >= 15 is 0 Å².